The fraction of sp³-hybridized carbons (Fsp3) is 0.385. The summed E-state index contributed by atoms with van der Waals surface area (Å²) in [5.74, 6) is -1.26. The second-order valence-electron chi connectivity index (χ2n) is 8.46. The highest BCUT2D eigenvalue weighted by Crippen LogP contribution is 2.42. The van der Waals surface area contributed by atoms with Crippen molar-refractivity contribution in [3.8, 4) is 0 Å². The number of nitrogens with zero attached hydrogens (tertiary/aromatic N) is 1. The van der Waals surface area contributed by atoms with Crippen molar-refractivity contribution in [1.82, 2.24) is 10.2 Å². The van der Waals surface area contributed by atoms with E-state index in [-0.39, 0.29) is 12.2 Å². The highest BCUT2D eigenvalue weighted by atomic mass is 35.5. The lowest BCUT2D eigenvalue weighted by molar-refractivity contribution is -0.157. The standard InChI is InChI=1S/C26H29ClN2O6/c1-18(30)28-22(16-19-10-4-3-5-11-19)24(32)34-17-35-25(33)29(2)26(15-9-8-14-23(26)31)20-12-6-7-13-21(20)27/h3-7,10-13,22H,8-9,14-17H2,1-2H3,(H,28,30)/t22-,26-/m0/s1. The fourth-order valence-electron chi connectivity index (χ4n) is 4.41. The summed E-state index contributed by atoms with van der Waals surface area (Å²) in [6, 6.07) is 15.1. The number of likely N-dealkylation sites (N-methyl/N-ethyl adjacent to an activating group) is 1. The quantitative estimate of drug-likeness (QED) is 0.434. The molecule has 8 nitrogen and oxygen atoms in total. The van der Waals surface area contributed by atoms with Crippen LogP contribution < -0.4 is 5.32 Å². The summed E-state index contributed by atoms with van der Waals surface area (Å²) in [5, 5.41) is 2.94. The Labute approximate surface area is 209 Å². The molecule has 1 N–H and O–H groups in total. The van der Waals surface area contributed by atoms with Gasteiger partial charge in [-0.05, 0) is 30.9 Å². The molecule has 9 heteroatoms. The molecule has 1 fully saturated rings. The number of rotatable bonds is 8. The van der Waals surface area contributed by atoms with Crippen LogP contribution in [-0.4, -0.2) is 48.5 Å². The number of esters is 1. The minimum absolute atomic E-state index is 0.123. The first-order valence-electron chi connectivity index (χ1n) is 11.4. The van der Waals surface area contributed by atoms with E-state index in [1.807, 2.05) is 30.3 Å². The van der Waals surface area contributed by atoms with Crippen LogP contribution in [-0.2, 0) is 35.8 Å². The van der Waals surface area contributed by atoms with Gasteiger partial charge in [0.15, 0.2) is 5.78 Å². The molecule has 0 aliphatic heterocycles. The molecule has 1 aliphatic rings. The first-order valence-corrected chi connectivity index (χ1v) is 11.8. The Morgan fingerprint density at radius 3 is 2.40 bits per heavy atom. The molecule has 2 amide bonds. The minimum atomic E-state index is -1.26. The molecule has 186 valence electrons. The Balaban J connectivity index is 1.68. The Bertz CT molecular complexity index is 1080. The molecular weight excluding hydrogens is 472 g/mol. The van der Waals surface area contributed by atoms with Crippen LogP contribution >= 0.6 is 11.6 Å². The third-order valence-electron chi connectivity index (χ3n) is 6.15. The highest BCUT2D eigenvalue weighted by Gasteiger charge is 2.48. The van der Waals surface area contributed by atoms with E-state index in [9.17, 15) is 19.2 Å². The fourth-order valence-corrected chi connectivity index (χ4v) is 4.70. The molecule has 0 spiro atoms. The van der Waals surface area contributed by atoms with Gasteiger partial charge in [0, 0.05) is 37.4 Å². The molecular formula is C26H29ClN2O6. The van der Waals surface area contributed by atoms with E-state index < -0.39 is 36.3 Å². The van der Waals surface area contributed by atoms with Gasteiger partial charge in [0.2, 0.25) is 12.7 Å². The van der Waals surface area contributed by atoms with Crippen molar-refractivity contribution in [2.45, 2.75) is 50.6 Å². The molecule has 1 aliphatic carbocycles. The molecule has 0 saturated heterocycles. The number of hydrogen-bond acceptors (Lipinski definition) is 6. The monoisotopic (exact) mass is 500 g/mol. The number of nitrogens with one attached hydrogen (secondary N) is 1. The first-order chi connectivity index (χ1) is 16.8. The van der Waals surface area contributed by atoms with Crippen molar-refractivity contribution in [3.63, 3.8) is 0 Å². The van der Waals surface area contributed by atoms with Crippen LogP contribution in [0.25, 0.3) is 0 Å². The summed E-state index contributed by atoms with van der Waals surface area (Å²) < 4.78 is 10.3. The Morgan fingerprint density at radius 1 is 1.06 bits per heavy atom. The second-order valence-corrected chi connectivity index (χ2v) is 8.87. The normalized spacial score (nSPS) is 18.3. The SMILES string of the molecule is CC(=O)N[C@@H](Cc1ccccc1)C(=O)OCOC(=O)N(C)[C@]1(c2ccccc2Cl)CCCCC1=O. The van der Waals surface area contributed by atoms with Crippen LogP contribution in [0.4, 0.5) is 4.79 Å². The van der Waals surface area contributed by atoms with E-state index in [2.05, 4.69) is 5.32 Å². The number of carbonyl (C=O) groups is 4. The van der Waals surface area contributed by atoms with Crippen LogP contribution in [0.3, 0.4) is 0 Å². The zero-order chi connectivity index (χ0) is 25.4. The minimum Gasteiger partial charge on any atom is -0.426 e. The third kappa shape index (κ3) is 6.19. The van der Waals surface area contributed by atoms with Crippen LogP contribution in [0.15, 0.2) is 54.6 Å². The number of hydrogen-bond donors (Lipinski definition) is 1. The maximum Gasteiger partial charge on any atom is 0.413 e. The maximum absolute atomic E-state index is 13.1. The Hall–Kier alpha value is -3.39. The van der Waals surface area contributed by atoms with E-state index in [4.69, 9.17) is 21.1 Å². The predicted molar refractivity (Wildman–Crippen MR) is 130 cm³/mol. The summed E-state index contributed by atoms with van der Waals surface area (Å²) in [4.78, 5) is 51.5. The average molecular weight is 501 g/mol. The van der Waals surface area contributed by atoms with Gasteiger partial charge in [0.25, 0.3) is 0 Å². The summed E-state index contributed by atoms with van der Waals surface area (Å²) in [7, 11) is 1.48. The van der Waals surface area contributed by atoms with Crippen LogP contribution in [0.5, 0.6) is 0 Å². The second kappa shape index (κ2) is 11.8. The van der Waals surface area contributed by atoms with Crippen molar-refractivity contribution in [2.75, 3.05) is 13.8 Å². The maximum atomic E-state index is 13.1. The zero-order valence-corrected chi connectivity index (χ0v) is 20.5. The van der Waals surface area contributed by atoms with E-state index >= 15 is 0 Å². The lowest BCUT2D eigenvalue weighted by Gasteiger charge is -2.43. The Morgan fingerprint density at radius 2 is 1.74 bits per heavy atom. The first kappa shape index (κ1) is 26.2. The molecule has 2 atom stereocenters. The van der Waals surface area contributed by atoms with Gasteiger partial charge in [0.1, 0.15) is 11.6 Å². The van der Waals surface area contributed by atoms with Gasteiger partial charge in [-0.2, -0.15) is 0 Å². The van der Waals surface area contributed by atoms with Gasteiger partial charge in [-0.3, -0.25) is 14.5 Å². The number of carbonyl (C=O) groups excluding carboxylic acids is 4. The van der Waals surface area contributed by atoms with Gasteiger partial charge in [0.05, 0.1) is 0 Å². The molecule has 0 aromatic heterocycles. The number of amides is 2. The molecule has 1 saturated carbocycles. The van der Waals surface area contributed by atoms with Crippen molar-refractivity contribution in [3.05, 3.63) is 70.7 Å². The van der Waals surface area contributed by atoms with Gasteiger partial charge < -0.3 is 14.8 Å². The third-order valence-corrected chi connectivity index (χ3v) is 6.48. The predicted octanol–water partition coefficient (Wildman–Crippen LogP) is 3.99. The van der Waals surface area contributed by atoms with Crippen molar-refractivity contribution in [2.24, 2.45) is 0 Å². The summed E-state index contributed by atoms with van der Waals surface area (Å²) in [6.45, 7) is 0.634. The molecule has 0 unspecified atom stereocenters. The van der Waals surface area contributed by atoms with Crippen LogP contribution in [0, 0.1) is 0 Å². The van der Waals surface area contributed by atoms with Gasteiger partial charge in [-0.15, -0.1) is 0 Å². The lowest BCUT2D eigenvalue weighted by atomic mass is 9.74. The number of halogens is 1. The molecule has 2 aromatic rings. The number of benzene rings is 2. The largest absolute Gasteiger partial charge is 0.426 e. The highest BCUT2D eigenvalue weighted by molar-refractivity contribution is 6.31. The molecule has 0 bridgehead atoms. The Kier molecular flexibility index (Phi) is 8.87. The number of Topliss-reactive ketones (excluding diaryl/α,β-unsaturated/α-hetero) is 1. The topological polar surface area (TPSA) is 102 Å². The summed E-state index contributed by atoms with van der Waals surface area (Å²) in [6.07, 6.45) is 1.58. The van der Waals surface area contributed by atoms with Crippen molar-refractivity contribution >= 4 is 35.4 Å². The lowest BCUT2D eigenvalue weighted by Crippen LogP contribution is -2.54. The molecule has 0 heterocycles. The smallest absolute Gasteiger partial charge is 0.413 e. The molecule has 0 radical (unpaired) electrons. The van der Waals surface area contributed by atoms with Gasteiger partial charge >= 0.3 is 12.1 Å². The zero-order valence-electron chi connectivity index (χ0n) is 19.8. The number of ether oxygens (including phenoxy) is 2. The van der Waals surface area contributed by atoms with Crippen molar-refractivity contribution in [1.29, 1.82) is 0 Å². The molecule has 2 aromatic carbocycles. The van der Waals surface area contributed by atoms with E-state index in [0.717, 1.165) is 18.4 Å². The van der Waals surface area contributed by atoms with E-state index in [0.29, 0.717) is 23.4 Å². The summed E-state index contributed by atoms with van der Waals surface area (Å²) in [5.41, 5.74) is 0.109. The van der Waals surface area contributed by atoms with Gasteiger partial charge in [-0.1, -0.05) is 60.1 Å². The average Bonchev–Trinajstić information content (AvgIpc) is 2.84. The number of ketones is 1. The van der Waals surface area contributed by atoms with Crippen molar-refractivity contribution < 1.29 is 28.7 Å². The van der Waals surface area contributed by atoms with Gasteiger partial charge in [-0.25, -0.2) is 9.59 Å². The summed E-state index contributed by atoms with van der Waals surface area (Å²) >= 11 is 6.42. The van der Waals surface area contributed by atoms with Crippen LogP contribution in [0.1, 0.15) is 43.7 Å². The molecule has 35 heavy (non-hydrogen) atoms. The van der Waals surface area contributed by atoms with E-state index in [1.54, 1.807) is 24.3 Å². The molecule has 3 rings (SSSR count). The van der Waals surface area contributed by atoms with Crippen LogP contribution in [0.2, 0.25) is 5.02 Å². The van der Waals surface area contributed by atoms with E-state index in [1.165, 1.54) is 18.9 Å².